The molecule has 0 unspecified atom stereocenters. The molecule has 3 aromatic rings. The molecule has 0 spiro atoms. The summed E-state index contributed by atoms with van der Waals surface area (Å²) in [6.45, 7) is 5.89. The number of thiazole rings is 1. The standard InChI is InChI=1S/C33H42N6O3S/c1-23(2)32-37-29(22-43-32)21-39(4)33(42)38-30(17-18-35-24(3)40)31(41)36-28(20-26-13-9-6-10-14-26)16-15-27(34)19-25-11-7-5-8-12-25/h5-17,22-23,27-28H,18-21,34H2,1-4H3,(H,35,40)(H,36,41)(H,38,42)/b16-15+,30-17+/t27-,28-/m0/s1. The highest BCUT2D eigenvalue weighted by atomic mass is 32.1. The average molecular weight is 603 g/mol. The lowest BCUT2D eigenvalue weighted by Gasteiger charge is -2.21. The first-order valence-electron chi connectivity index (χ1n) is 14.3. The van der Waals surface area contributed by atoms with Gasteiger partial charge in [-0.1, -0.05) is 86.7 Å². The summed E-state index contributed by atoms with van der Waals surface area (Å²) in [4.78, 5) is 44.2. The molecule has 228 valence electrons. The van der Waals surface area contributed by atoms with Crippen molar-refractivity contribution in [1.82, 2.24) is 25.8 Å². The number of carbonyl (C=O) groups excluding carboxylic acids is 3. The van der Waals surface area contributed by atoms with E-state index in [0.29, 0.717) is 18.8 Å². The van der Waals surface area contributed by atoms with Gasteiger partial charge in [0, 0.05) is 37.9 Å². The number of nitrogens with two attached hydrogens (primary N) is 1. The predicted octanol–water partition coefficient (Wildman–Crippen LogP) is 4.28. The molecule has 0 radical (unpaired) electrons. The number of aromatic nitrogens is 1. The minimum atomic E-state index is -0.481. The number of carbonyl (C=O) groups is 3. The maximum Gasteiger partial charge on any atom is 0.322 e. The van der Waals surface area contributed by atoms with Crippen molar-refractivity contribution < 1.29 is 14.4 Å². The Morgan fingerprint density at radius 1 is 0.977 bits per heavy atom. The third-order valence-electron chi connectivity index (χ3n) is 6.47. The smallest absolute Gasteiger partial charge is 0.322 e. The zero-order chi connectivity index (χ0) is 31.2. The summed E-state index contributed by atoms with van der Waals surface area (Å²) in [5, 5.41) is 11.3. The van der Waals surface area contributed by atoms with Gasteiger partial charge in [0.05, 0.1) is 23.3 Å². The number of hydrogen-bond acceptors (Lipinski definition) is 6. The quantitative estimate of drug-likeness (QED) is 0.162. The van der Waals surface area contributed by atoms with Crippen LogP contribution in [0.2, 0.25) is 0 Å². The van der Waals surface area contributed by atoms with E-state index in [-0.39, 0.29) is 30.7 Å². The van der Waals surface area contributed by atoms with Crippen molar-refractivity contribution in [3.05, 3.63) is 112 Å². The second-order valence-corrected chi connectivity index (χ2v) is 11.6. The highest BCUT2D eigenvalue weighted by molar-refractivity contribution is 7.09. The minimum Gasteiger partial charge on any atom is -0.353 e. The molecule has 0 aliphatic heterocycles. The monoisotopic (exact) mass is 602 g/mol. The van der Waals surface area contributed by atoms with Gasteiger partial charge in [-0.15, -0.1) is 11.3 Å². The van der Waals surface area contributed by atoms with Crippen molar-refractivity contribution in [2.24, 2.45) is 5.73 Å². The molecular formula is C33H42N6O3S. The van der Waals surface area contributed by atoms with Crippen molar-refractivity contribution in [3.8, 4) is 0 Å². The van der Waals surface area contributed by atoms with Gasteiger partial charge >= 0.3 is 6.03 Å². The van der Waals surface area contributed by atoms with Gasteiger partial charge in [-0.3, -0.25) is 9.59 Å². The van der Waals surface area contributed by atoms with Crippen LogP contribution in [0, 0.1) is 0 Å². The summed E-state index contributed by atoms with van der Waals surface area (Å²) in [5.74, 6) is -0.429. The number of urea groups is 1. The van der Waals surface area contributed by atoms with Crippen LogP contribution in [-0.2, 0) is 29.0 Å². The molecule has 4 amide bonds. The molecular weight excluding hydrogens is 560 g/mol. The Balaban J connectivity index is 1.74. The van der Waals surface area contributed by atoms with Crippen LogP contribution in [0.3, 0.4) is 0 Å². The fourth-order valence-corrected chi connectivity index (χ4v) is 5.02. The Hall–Kier alpha value is -4.28. The van der Waals surface area contributed by atoms with E-state index in [2.05, 4.69) is 34.8 Å². The fraction of sp³-hybridized carbons (Fsp3) is 0.333. The van der Waals surface area contributed by atoms with Crippen molar-refractivity contribution in [2.45, 2.75) is 58.2 Å². The van der Waals surface area contributed by atoms with E-state index in [1.165, 1.54) is 17.9 Å². The number of rotatable bonds is 14. The van der Waals surface area contributed by atoms with Crippen LogP contribution >= 0.6 is 11.3 Å². The van der Waals surface area contributed by atoms with Gasteiger partial charge in [0.2, 0.25) is 5.91 Å². The fourth-order valence-electron chi connectivity index (χ4n) is 4.20. The summed E-state index contributed by atoms with van der Waals surface area (Å²) in [5.41, 5.74) is 9.36. The van der Waals surface area contributed by atoms with Crippen molar-refractivity contribution in [3.63, 3.8) is 0 Å². The zero-order valence-corrected chi connectivity index (χ0v) is 26.1. The molecule has 0 aliphatic rings. The van der Waals surface area contributed by atoms with E-state index < -0.39 is 18.0 Å². The van der Waals surface area contributed by atoms with Gasteiger partial charge in [0.15, 0.2) is 0 Å². The SMILES string of the molecule is CC(=O)NC/C=C(/NC(=O)N(C)Cc1csc(C(C)C)n1)C(=O)N[C@@H](/C=C/[C@H](N)Cc1ccccc1)Cc1ccccc1. The van der Waals surface area contributed by atoms with Gasteiger partial charge in [-0.25, -0.2) is 9.78 Å². The molecule has 0 fully saturated rings. The van der Waals surface area contributed by atoms with Gasteiger partial charge in [0.25, 0.3) is 5.91 Å². The molecule has 1 heterocycles. The molecule has 2 atom stereocenters. The van der Waals surface area contributed by atoms with Crippen molar-refractivity contribution >= 4 is 29.2 Å². The van der Waals surface area contributed by atoms with Gasteiger partial charge in [-0.2, -0.15) is 0 Å². The molecule has 3 rings (SSSR count). The van der Waals surface area contributed by atoms with Crippen LogP contribution in [0.15, 0.2) is 90.0 Å². The van der Waals surface area contributed by atoms with E-state index in [1.54, 1.807) is 18.4 Å². The lowest BCUT2D eigenvalue weighted by atomic mass is 10.0. The number of benzene rings is 2. The van der Waals surface area contributed by atoms with Gasteiger partial charge < -0.3 is 26.6 Å². The second kappa shape index (κ2) is 17.0. The maximum absolute atomic E-state index is 13.5. The first-order valence-corrected chi connectivity index (χ1v) is 15.2. The Morgan fingerprint density at radius 2 is 1.60 bits per heavy atom. The summed E-state index contributed by atoms with van der Waals surface area (Å²) >= 11 is 1.56. The Bertz CT molecular complexity index is 1390. The van der Waals surface area contributed by atoms with Crippen LogP contribution in [-0.4, -0.2) is 53.4 Å². The summed E-state index contributed by atoms with van der Waals surface area (Å²) < 4.78 is 0. The molecule has 5 N–H and O–H groups in total. The second-order valence-electron chi connectivity index (χ2n) is 10.7. The Kier molecular flexibility index (Phi) is 13.1. The lowest BCUT2D eigenvalue weighted by Crippen LogP contribution is -2.44. The van der Waals surface area contributed by atoms with Crippen LogP contribution in [0.4, 0.5) is 4.79 Å². The lowest BCUT2D eigenvalue weighted by molar-refractivity contribution is -0.119. The number of nitrogens with one attached hydrogen (secondary N) is 3. The number of amides is 4. The molecule has 0 saturated heterocycles. The van der Waals surface area contributed by atoms with Crippen LogP contribution in [0.5, 0.6) is 0 Å². The first kappa shape index (κ1) is 33.2. The predicted molar refractivity (Wildman–Crippen MR) is 172 cm³/mol. The Labute approximate surface area is 258 Å². The summed E-state index contributed by atoms with van der Waals surface area (Å²) in [6, 6.07) is 18.7. The first-order chi connectivity index (χ1) is 20.6. The molecule has 0 bridgehead atoms. The molecule has 43 heavy (non-hydrogen) atoms. The highest BCUT2D eigenvalue weighted by Crippen LogP contribution is 2.20. The van der Waals surface area contributed by atoms with Crippen LogP contribution < -0.4 is 21.7 Å². The third-order valence-corrected chi connectivity index (χ3v) is 7.67. The number of nitrogens with zero attached hydrogens (tertiary/aromatic N) is 2. The average Bonchev–Trinajstić information content (AvgIpc) is 3.45. The molecule has 0 saturated carbocycles. The normalized spacial score (nSPS) is 13.0. The van der Waals surface area contributed by atoms with Crippen LogP contribution in [0.25, 0.3) is 0 Å². The van der Waals surface area contributed by atoms with E-state index in [0.717, 1.165) is 21.8 Å². The van der Waals surface area contributed by atoms with Gasteiger partial charge in [0.1, 0.15) is 5.70 Å². The van der Waals surface area contributed by atoms with Crippen molar-refractivity contribution in [1.29, 1.82) is 0 Å². The maximum atomic E-state index is 13.5. The topological polar surface area (TPSA) is 129 Å². The highest BCUT2D eigenvalue weighted by Gasteiger charge is 2.20. The summed E-state index contributed by atoms with van der Waals surface area (Å²) in [7, 11) is 1.64. The van der Waals surface area contributed by atoms with Crippen LogP contribution in [0.1, 0.15) is 48.5 Å². The minimum absolute atomic E-state index is 0.0341. The number of hydrogen-bond donors (Lipinski definition) is 4. The third kappa shape index (κ3) is 11.9. The van der Waals surface area contributed by atoms with E-state index >= 15 is 0 Å². The molecule has 1 aromatic heterocycles. The Morgan fingerprint density at radius 3 is 2.19 bits per heavy atom. The van der Waals surface area contributed by atoms with Crippen molar-refractivity contribution in [2.75, 3.05) is 13.6 Å². The molecule has 10 heteroatoms. The zero-order valence-electron chi connectivity index (χ0n) is 25.2. The van der Waals surface area contributed by atoms with E-state index in [9.17, 15) is 14.4 Å². The largest absolute Gasteiger partial charge is 0.353 e. The van der Waals surface area contributed by atoms with E-state index in [1.807, 2.05) is 78.2 Å². The van der Waals surface area contributed by atoms with E-state index in [4.69, 9.17) is 5.73 Å². The summed E-state index contributed by atoms with van der Waals surface area (Å²) in [6.07, 6.45) is 6.47. The molecule has 0 aliphatic carbocycles. The van der Waals surface area contributed by atoms with Gasteiger partial charge in [-0.05, 0) is 30.0 Å². The molecule has 2 aromatic carbocycles. The molecule has 9 nitrogen and oxygen atoms in total.